The molecular formula is C10H15N5O. The van der Waals surface area contributed by atoms with E-state index in [0.29, 0.717) is 6.54 Å². The molecule has 0 bridgehead atoms. The lowest BCUT2D eigenvalue weighted by molar-refractivity contribution is 0.475. The molecule has 0 aliphatic rings. The average Bonchev–Trinajstić information content (AvgIpc) is 2.25. The van der Waals surface area contributed by atoms with Gasteiger partial charge in [0, 0.05) is 6.54 Å². The summed E-state index contributed by atoms with van der Waals surface area (Å²) in [5.41, 5.74) is 13.8. The molecule has 6 heteroatoms. The zero-order valence-electron chi connectivity index (χ0n) is 8.80. The fraction of sp³-hybridized carbons (Fsp3) is 0.200. The molecule has 0 fully saturated rings. The van der Waals surface area contributed by atoms with E-state index in [9.17, 15) is 0 Å². The van der Waals surface area contributed by atoms with E-state index in [1.165, 1.54) is 6.34 Å². The summed E-state index contributed by atoms with van der Waals surface area (Å²) in [4.78, 5) is 4.04. The molecule has 6 nitrogen and oxygen atoms in total. The Morgan fingerprint density at radius 3 is 2.62 bits per heavy atom. The van der Waals surface area contributed by atoms with Gasteiger partial charge in [-0.1, -0.05) is 12.1 Å². The lowest BCUT2D eigenvalue weighted by Gasteiger charge is -1.98. The SMILES string of the molecule is NC(N)=NNC=NCCc1ccc(O)cc1. The highest BCUT2D eigenvalue weighted by atomic mass is 16.3. The fourth-order valence-electron chi connectivity index (χ4n) is 1.07. The van der Waals surface area contributed by atoms with E-state index >= 15 is 0 Å². The number of nitrogens with one attached hydrogen (secondary N) is 1. The maximum absolute atomic E-state index is 9.07. The third-order valence-corrected chi connectivity index (χ3v) is 1.81. The van der Waals surface area contributed by atoms with Gasteiger partial charge >= 0.3 is 0 Å². The number of hydrogen-bond donors (Lipinski definition) is 4. The Morgan fingerprint density at radius 2 is 2.00 bits per heavy atom. The van der Waals surface area contributed by atoms with Gasteiger partial charge in [0.05, 0.1) is 0 Å². The maximum atomic E-state index is 9.07. The van der Waals surface area contributed by atoms with Crippen LogP contribution in [0.4, 0.5) is 0 Å². The van der Waals surface area contributed by atoms with Crippen LogP contribution in [-0.4, -0.2) is 23.9 Å². The lowest BCUT2D eigenvalue weighted by atomic mass is 10.1. The van der Waals surface area contributed by atoms with E-state index in [4.69, 9.17) is 16.6 Å². The zero-order chi connectivity index (χ0) is 11.8. The van der Waals surface area contributed by atoms with E-state index in [1.54, 1.807) is 12.1 Å². The van der Waals surface area contributed by atoms with Gasteiger partial charge in [-0.2, -0.15) is 0 Å². The van der Waals surface area contributed by atoms with Crippen molar-refractivity contribution in [3.8, 4) is 5.75 Å². The predicted octanol–water partition coefficient (Wildman–Crippen LogP) is -0.259. The first-order valence-corrected chi connectivity index (χ1v) is 4.79. The number of nitrogens with two attached hydrogens (primary N) is 2. The Hall–Kier alpha value is -2.24. The van der Waals surface area contributed by atoms with Gasteiger partial charge in [0.25, 0.3) is 0 Å². The molecule has 1 aromatic carbocycles. The number of guanidine groups is 1. The Balaban J connectivity index is 2.25. The van der Waals surface area contributed by atoms with E-state index < -0.39 is 0 Å². The van der Waals surface area contributed by atoms with Crippen LogP contribution in [0, 0.1) is 0 Å². The fourth-order valence-corrected chi connectivity index (χ4v) is 1.07. The molecule has 86 valence electrons. The van der Waals surface area contributed by atoms with Gasteiger partial charge in [0.1, 0.15) is 12.1 Å². The van der Waals surface area contributed by atoms with Crippen LogP contribution in [0.3, 0.4) is 0 Å². The molecule has 1 aromatic rings. The minimum absolute atomic E-state index is 0.0371. The number of hydrogen-bond acceptors (Lipinski definition) is 3. The largest absolute Gasteiger partial charge is 0.508 e. The van der Waals surface area contributed by atoms with Crippen LogP contribution in [0.15, 0.2) is 34.4 Å². The van der Waals surface area contributed by atoms with Crippen molar-refractivity contribution in [1.29, 1.82) is 0 Å². The first-order chi connectivity index (χ1) is 7.68. The van der Waals surface area contributed by atoms with Gasteiger partial charge in [-0.15, -0.1) is 5.10 Å². The summed E-state index contributed by atoms with van der Waals surface area (Å²) in [6.45, 7) is 0.623. The summed E-state index contributed by atoms with van der Waals surface area (Å²) in [6, 6.07) is 7.01. The number of nitrogens with zero attached hydrogens (tertiary/aromatic N) is 2. The van der Waals surface area contributed by atoms with Gasteiger partial charge in [0.2, 0.25) is 5.96 Å². The number of hydrazone groups is 1. The van der Waals surface area contributed by atoms with Crippen LogP contribution in [0.5, 0.6) is 5.75 Å². The molecule has 0 saturated carbocycles. The number of phenols is 1. The summed E-state index contributed by atoms with van der Waals surface area (Å²) in [5, 5.41) is 12.6. The van der Waals surface area contributed by atoms with E-state index in [-0.39, 0.29) is 11.7 Å². The van der Waals surface area contributed by atoms with Gasteiger partial charge in [-0.05, 0) is 24.1 Å². The Kier molecular flexibility index (Phi) is 4.65. The minimum atomic E-state index is -0.0371. The molecule has 6 N–H and O–H groups in total. The second kappa shape index (κ2) is 6.28. The van der Waals surface area contributed by atoms with Crippen LogP contribution in [-0.2, 0) is 6.42 Å². The summed E-state index contributed by atoms with van der Waals surface area (Å²) in [6.07, 6.45) is 2.22. The van der Waals surface area contributed by atoms with E-state index in [1.807, 2.05) is 12.1 Å². The van der Waals surface area contributed by atoms with Crippen molar-refractivity contribution >= 4 is 12.3 Å². The normalized spacial score (nSPS) is 10.2. The number of aliphatic imine (C=N–C) groups is 1. The van der Waals surface area contributed by atoms with Crippen molar-refractivity contribution < 1.29 is 5.11 Å². The number of benzene rings is 1. The van der Waals surface area contributed by atoms with Gasteiger partial charge < -0.3 is 16.6 Å². The summed E-state index contributed by atoms with van der Waals surface area (Å²) >= 11 is 0. The molecule has 0 spiro atoms. The highest BCUT2D eigenvalue weighted by molar-refractivity contribution is 5.76. The first kappa shape index (κ1) is 11.8. The van der Waals surface area contributed by atoms with Crippen LogP contribution in [0.1, 0.15) is 5.56 Å². The maximum Gasteiger partial charge on any atom is 0.208 e. The Morgan fingerprint density at radius 1 is 1.31 bits per heavy atom. The molecule has 0 saturated heterocycles. The average molecular weight is 221 g/mol. The van der Waals surface area contributed by atoms with Crippen molar-refractivity contribution in [2.75, 3.05) is 6.54 Å². The van der Waals surface area contributed by atoms with Crippen molar-refractivity contribution in [3.63, 3.8) is 0 Å². The van der Waals surface area contributed by atoms with Crippen molar-refractivity contribution in [1.82, 2.24) is 5.43 Å². The number of rotatable bonds is 5. The molecule has 1 rings (SSSR count). The third-order valence-electron chi connectivity index (χ3n) is 1.81. The topological polar surface area (TPSA) is 109 Å². The molecule has 0 aromatic heterocycles. The van der Waals surface area contributed by atoms with Gasteiger partial charge in [-0.25, -0.2) is 0 Å². The van der Waals surface area contributed by atoms with Gasteiger partial charge in [0.15, 0.2) is 0 Å². The third kappa shape index (κ3) is 4.85. The smallest absolute Gasteiger partial charge is 0.208 e. The van der Waals surface area contributed by atoms with Crippen LogP contribution in [0.25, 0.3) is 0 Å². The summed E-state index contributed by atoms with van der Waals surface area (Å²) in [7, 11) is 0. The van der Waals surface area contributed by atoms with Crippen LogP contribution in [0.2, 0.25) is 0 Å². The molecule has 0 unspecified atom stereocenters. The number of aromatic hydroxyl groups is 1. The molecule has 0 aliphatic heterocycles. The molecule has 0 heterocycles. The number of phenolic OH excluding ortho intramolecular Hbond substituents is 1. The van der Waals surface area contributed by atoms with Gasteiger partial charge in [-0.3, -0.25) is 10.4 Å². The Labute approximate surface area is 93.7 Å². The Bertz CT molecular complexity index is 367. The summed E-state index contributed by atoms with van der Waals surface area (Å²) < 4.78 is 0. The van der Waals surface area contributed by atoms with E-state index in [0.717, 1.165) is 12.0 Å². The first-order valence-electron chi connectivity index (χ1n) is 4.79. The van der Waals surface area contributed by atoms with Crippen LogP contribution < -0.4 is 16.9 Å². The quantitative estimate of drug-likeness (QED) is 0.312. The molecule has 0 atom stereocenters. The zero-order valence-corrected chi connectivity index (χ0v) is 8.80. The molecule has 0 amide bonds. The molecule has 0 aliphatic carbocycles. The van der Waals surface area contributed by atoms with E-state index in [2.05, 4.69) is 15.5 Å². The standard InChI is InChI=1S/C10H15N5O/c11-10(12)15-14-7-13-6-5-8-1-3-9(16)4-2-8/h1-4,7,16H,5-6H2,(H,13,14)(H4,11,12,15). The summed E-state index contributed by atoms with van der Waals surface area (Å²) in [5.74, 6) is 0.228. The lowest BCUT2D eigenvalue weighted by Crippen LogP contribution is -2.25. The molecule has 16 heavy (non-hydrogen) atoms. The van der Waals surface area contributed by atoms with Crippen molar-refractivity contribution in [3.05, 3.63) is 29.8 Å². The highest BCUT2D eigenvalue weighted by Gasteiger charge is 1.91. The van der Waals surface area contributed by atoms with Crippen molar-refractivity contribution in [2.24, 2.45) is 21.6 Å². The van der Waals surface area contributed by atoms with Crippen LogP contribution >= 0.6 is 0 Å². The second-order valence-corrected chi connectivity index (χ2v) is 3.12. The second-order valence-electron chi connectivity index (χ2n) is 3.12. The monoisotopic (exact) mass is 221 g/mol. The van der Waals surface area contributed by atoms with Crippen molar-refractivity contribution in [2.45, 2.75) is 6.42 Å². The molecular weight excluding hydrogens is 206 g/mol. The predicted molar refractivity (Wildman–Crippen MR) is 64.1 cm³/mol. The molecule has 0 radical (unpaired) electrons. The highest BCUT2D eigenvalue weighted by Crippen LogP contribution is 2.09. The minimum Gasteiger partial charge on any atom is -0.508 e.